The van der Waals surface area contributed by atoms with Crippen LogP contribution in [-0.2, 0) is 0 Å². The van der Waals surface area contributed by atoms with E-state index in [9.17, 15) is 0 Å². The van der Waals surface area contributed by atoms with E-state index in [1.807, 2.05) is 0 Å². The van der Waals surface area contributed by atoms with Crippen LogP contribution < -0.4 is 11.1 Å². The van der Waals surface area contributed by atoms with Crippen molar-refractivity contribution in [2.45, 2.75) is 12.2 Å². The van der Waals surface area contributed by atoms with Gasteiger partial charge in [-0.3, -0.25) is 0 Å². The summed E-state index contributed by atoms with van der Waals surface area (Å²) in [5.74, 6) is 0.904. The van der Waals surface area contributed by atoms with E-state index in [1.54, 1.807) is 11.8 Å². The number of hydrogen-bond acceptors (Lipinski definition) is 5. The molecular formula is C8H13ClN4S. The van der Waals surface area contributed by atoms with E-state index in [1.165, 1.54) is 6.33 Å². The summed E-state index contributed by atoms with van der Waals surface area (Å²) < 4.78 is 0. The molecule has 3 N–H and O–H groups in total. The van der Waals surface area contributed by atoms with Crippen LogP contribution in [-0.4, -0.2) is 28.0 Å². The van der Waals surface area contributed by atoms with Crippen molar-refractivity contribution in [3.8, 4) is 0 Å². The quantitative estimate of drug-likeness (QED) is 0.830. The predicted octanol–water partition coefficient (Wildman–Crippen LogP) is 1.88. The first-order valence-electron chi connectivity index (χ1n) is 4.17. The van der Waals surface area contributed by atoms with Crippen LogP contribution in [0.25, 0.3) is 0 Å². The van der Waals surface area contributed by atoms with Gasteiger partial charge in [0.15, 0.2) is 0 Å². The lowest BCUT2D eigenvalue weighted by Gasteiger charge is -2.11. The van der Waals surface area contributed by atoms with Crippen molar-refractivity contribution in [3.63, 3.8) is 0 Å². The van der Waals surface area contributed by atoms with Crippen LogP contribution in [0.5, 0.6) is 0 Å². The molecule has 0 aliphatic rings. The Labute approximate surface area is 92.6 Å². The zero-order chi connectivity index (χ0) is 10.6. The van der Waals surface area contributed by atoms with Gasteiger partial charge >= 0.3 is 0 Å². The molecule has 1 unspecified atom stereocenters. The highest BCUT2D eigenvalue weighted by atomic mass is 35.5. The highest BCUT2D eigenvalue weighted by Crippen LogP contribution is 2.23. The van der Waals surface area contributed by atoms with Gasteiger partial charge < -0.3 is 11.1 Å². The van der Waals surface area contributed by atoms with Crippen LogP contribution in [0, 0.1) is 0 Å². The SMILES string of the molecule is CSC(C)CNc1ncnc(N)c1Cl. The lowest BCUT2D eigenvalue weighted by Crippen LogP contribution is -2.14. The molecule has 0 spiro atoms. The fraction of sp³-hybridized carbons (Fsp3) is 0.500. The average molecular weight is 233 g/mol. The topological polar surface area (TPSA) is 63.8 Å². The van der Waals surface area contributed by atoms with E-state index >= 15 is 0 Å². The second-order valence-electron chi connectivity index (χ2n) is 2.85. The summed E-state index contributed by atoms with van der Waals surface area (Å²) in [6.07, 6.45) is 3.45. The monoisotopic (exact) mass is 232 g/mol. The van der Waals surface area contributed by atoms with E-state index in [0.717, 1.165) is 6.54 Å². The molecular weight excluding hydrogens is 220 g/mol. The molecule has 0 amide bonds. The molecule has 1 rings (SSSR count). The Kier molecular flexibility index (Phi) is 4.28. The zero-order valence-corrected chi connectivity index (χ0v) is 9.69. The molecule has 0 radical (unpaired) electrons. The van der Waals surface area contributed by atoms with Gasteiger partial charge in [-0.15, -0.1) is 0 Å². The van der Waals surface area contributed by atoms with Crippen LogP contribution >= 0.6 is 23.4 Å². The van der Waals surface area contributed by atoms with Crippen molar-refractivity contribution in [2.75, 3.05) is 23.9 Å². The van der Waals surface area contributed by atoms with Crippen molar-refractivity contribution >= 4 is 35.0 Å². The maximum atomic E-state index is 5.90. The summed E-state index contributed by atoms with van der Waals surface area (Å²) in [5, 5.41) is 4.01. The van der Waals surface area contributed by atoms with Gasteiger partial charge in [0.05, 0.1) is 0 Å². The molecule has 0 aromatic carbocycles. The maximum Gasteiger partial charge on any atom is 0.150 e. The van der Waals surface area contributed by atoms with Crippen LogP contribution in [0.4, 0.5) is 11.6 Å². The van der Waals surface area contributed by atoms with Gasteiger partial charge in [0.25, 0.3) is 0 Å². The van der Waals surface area contributed by atoms with E-state index in [0.29, 0.717) is 21.9 Å². The van der Waals surface area contributed by atoms with Crippen LogP contribution in [0.1, 0.15) is 6.92 Å². The number of halogens is 1. The van der Waals surface area contributed by atoms with Crippen molar-refractivity contribution in [3.05, 3.63) is 11.3 Å². The Balaban J connectivity index is 2.63. The number of anilines is 2. The number of nitrogens with one attached hydrogen (secondary N) is 1. The van der Waals surface area contributed by atoms with Crippen LogP contribution in [0.3, 0.4) is 0 Å². The standard InChI is InChI=1S/C8H13ClN4S/c1-5(14-2)3-11-8-6(9)7(10)12-4-13-8/h4-5H,3H2,1-2H3,(H3,10,11,12,13). The van der Waals surface area contributed by atoms with Gasteiger partial charge in [0, 0.05) is 11.8 Å². The maximum absolute atomic E-state index is 5.90. The Morgan fingerprint density at radius 1 is 1.64 bits per heavy atom. The number of aromatic nitrogens is 2. The Morgan fingerprint density at radius 3 is 3.00 bits per heavy atom. The molecule has 0 aliphatic heterocycles. The predicted molar refractivity (Wildman–Crippen MR) is 62.9 cm³/mol. The molecule has 0 bridgehead atoms. The molecule has 0 saturated carbocycles. The normalized spacial score (nSPS) is 12.5. The fourth-order valence-corrected chi connectivity index (χ4v) is 1.24. The molecule has 0 saturated heterocycles. The lowest BCUT2D eigenvalue weighted by molar-refractivity contribution is 0.987. The molecule has 4 nitrogen and oxygen atoms in total. The smallest absolute Gasteiger partial charge is 0.150 e. The van der Waals surface area contributed by atoms with Crippen molar-refractivity contribution in [1.82, 2.24) is 9.97 Å². The number of nitrogen functional groups attached to an aromatic ring is 1. The van der Waals surface area contributed by atoms with E-state index in [2.05, 4.69) is 28.5 Å². The third-order valence-corrected chi connectivity index (χ3v) is 3.12. The molecule has 0 aliphatic carbocycles. The largest absolute Gasteiger partial charge is 0.382 e. The third-order valence-electron chi connectivity index (χ3n) is 1.78. The number of nitrogens with two attached hydrogens (primary N) is 1. The molecule has 1 atom stereocenters. The minimum absolute atomic E-state index is 0.306. The van der Waals surface area contributed by atoms with Gasteiger partial charge in [-0.05, 0) is 6.26 Å². The molecule has 1 aromatic rings. The summed E-state index contributed by atoms with van der Waals surface area (Å²) in [5.41, 5.74) is 5.53. The number of hydrogen-bond donors (Lipinski definition) is 2. The van der Waals surface area contributed by atoms with Gasteiger partial charge in [-0.25, -0.2) is 9.97 Å². The van der Waals surface area contributed by atoms with E-state index in [-0.39, 0.29) is 0 Å². The summed E-state index contributed by atoms with van der Waals surface area (Å²) in [4.78, 5) is 7.78. The van der Waals surface area contributed by atoms with Crippen LogP contribution in [0.2, 0.25) is 5.02 Å². The van der Waals surface area contributed by atoms with Crippen molar-refractivity contribution < 1.29 is 0 Å². The molecule has 1 aromatic heterocycles. The van der Waals surface area contributed by atoms with Gasteiger partial charge in [-0.1, -0.05) is 18.5 Å². The minimum Gasteiger partial charge on any atom is -0.382 e. The summed E-state index contributed by atoms with van der Waals surface area (Å²) >= 11 is 7.67. The second kappa shape index (κ2) is 5.26. The molecule has 78 valence electrons. The number of thioether (sulfide) groups is 1. The fourth-order valence-electron chi connectivity index (χ4n) is 0.830. The van der Waals surface area contributed by atoms with Gasteiger partial charge in [0.2, 0.25) is 0 Å². The Morgan fingerprint density at radius 2 is 2.36 bits per heavy atom. The summed E-state index contributed by atoms with van der Waals surface area (Å²) in [6.45, 7) is 2.92. The number of rotatable bonds is 4. The number of nitrogens with zero attached hydrogens (tertiary/aromatic N) is 2. The zero-order valence-electron chi connectivity index (χ0n) is 8.12. The van der Waals surface area contributed by atoms with E-state index in [4.69, 9.17) is 17.3 Å². The molecule has 6 heteroatoms. The summed E-state index contributed by atoms with van der Waals surface area (Å²) in [6, 6.07) is 0. The van der Waals surface area contributed by atoms with Gasteiger partial charge in [0.1, 0.15) is 23.0 Å². The van der Waals surface area contributed by atoms with Crippen molar-refractivity contribution in [2.24, 2.45) is 0 Å². The third kappa shape index (κ3) is 2.92. The first-order chi connectivity index (χ1) is 6.65. The van der Waals surface area contributed by atoms with Crippen LogP contribution in [0.15, 0.2) is 6.33 Å². The molecule has 0 fully saturated rings. The minimum atomic E-state index is 0.306. The first-order valence-corrected chi connectivity index (χ1v) is 5.84. The lowest BCUT2D eigenvalue weighted by atomic mass is 10.4. The van der Waals surface area contributed by atoms with Crippen molar-refractivity contribution in [1.29, 1.82) is 0 Å². The van der Waals surface area contributed by atoms with E-state index < -0.39 is 0 Å². The highest BCUT2D eigenvalue weighted by molar-refractivity contribution is 7.99. The second-order valence-corrected chi connectivity index (χ2v) is 4.50. The molecule has 14 heavy (non-hydrogen) atoms. The van der Waals surface area contributed by atoms with Gasteiger partial charge in [-0.2, -0.15) is 11.8 Å². The Hall–Kier alpha value is -0.680. The Bertz CT molecular complexity index is 307. The molecule has 1 heterocycles. The summed E-state index contributed by atoms with van der Waals surface area (Å²) in [7, 11) is 0. The average Bonchev–Trinajstić information content (AvgIpc) is 2.20. The first kappa shape index (κ1) is 11.4. The highest BCUT2D eigenvalue weighted by Gasteiger charge is 2.06.